The van der Waals surface area contributed by atoms with E-state index < -0.39 is 0 Å². The summed E-state index contributed by atoms with van der Waals surface area (Å²) in [5, 5.41) is 2.18. The Morgan fingerprint density at radius 1 is 0.475 bits per heavy atom. The number of nitrogens with zero attached hydrogens (tertiary/aromatic N) is 6. The fourth-order valence-corrected chi connectivity index (χ4v) is 5.54. The maximum absolute atomic E-state index is 5.31. The lowest BCUT2D eigenvalue weighted by Crippen LogP contribution is -2.02. The summed E-state index contributed by atoms with van der Waals surface area (Å²) in [4.78, 5) is 19.5. The maximum Gasteiger partial charge on any atom is 0.235 e. The minimum Gasteiger partial charge on any atom is -0.292 e. The molecule has 0 N–H and O–H groups in total. The molecular formula is C34H22N6. The van der Waals surface area contributed by atoms with E-state index in [1.54, 1.807) is 12.4 Å². The van der Waals surface area contributed by atoms with Gasteiger partial charge in [-0.1, -0.05) is 72.8 Å². The number of hydrogen-bond donors (Lipinski definition) is 0. The number of aromatic nitrogens is 6. The van der Waals surface area contributed by atoms with Crippen molar-refractivity contribution in [2.24, 2.45) is 0 Å². The van der Waals surface area contributed by atoms with Crippen molar-refractivity contribution in [1.82, 2.24) is 29.1 Å². The summed E-state index contributed by atoms with van der Waals surface area (Å²) in [6.45, 7) is 0. The molecular weight excluding hydrogens is 492 g/mol. The molecule has 0 aliphatic heterocycles. The van der Waals surface area contributed by atoms with Gasteiger partial charge in [0.1, 0.15) is 5.82 Å². The molecule has 0 spiro atoms. The number of rotatable bonds is 4. The van der Waals surface area contributed by atoms with Gasteiger partial charge in [0.2, 0.25) is 5.95 Å². The van der Waals surface area contributed by atoms with E-state index in [4.69, 9.17) is 15.0 Å². The molecule has 0 amide bonds. The SMILES string of the molecule is c1ccc(-c2nc3c4c5ccccc5n(-c5nccc(-c6ccccn6)n5)c4ccc3n2-c2ccccc2)cc1. The van der Waals surface area contributed by atoms with Gasteiger partial charge >= 0.3 is 0 Å². The molecule has 6 heteroatoms. The molecule has 0 aliphatic carbocycles. The van der Waals surface area contributed by atoms with Gasteiger partial charge < -0.3 is 0 Å². The van der Waals surface area contributed by atoms with Gasteiger partial charge in [-0.3, -0.25) is 14.1 Å². The van der Waals surface area contributed by atoms with E-state index in [9.17, 15) is 0 Å². The summed E-state index contributed by atoms with van der Waals surface area (Å²) < 4.78 is 4.37. The third-order valence-electron chi connectivity index (χ3n) is 7.28. The molecule has 4 heterocycles. The molecule has 0 unspecified atom stereocenters. The van der Waals surface area contributed by atoms with Crippen molar-refractivity contribution in [2.45, 2.75) is 0 Å². The molecule has 0 radical (unpaired) electrons. The fraction of sp³-hybridized carbons (Fsp3) is 0. The Labute approximate surface area is 229 Å². The first kappa shape index (κ1) is 22.4. The van der Waals surface area contributed by atoms with Crippen LogP contribution in [0.25, 0.3) is 67.3 Å². The van der Waals surface area contributed by atoms with Crippen LogP contribution in [0.5, 0.6) is 0 Å². The first-order valence-corrected chi connectivity index (χ1v) is 13.2. The Balaban J connectivity index is 1.46. The van der Waals surface area contributed by atoms with Gasteiger partial charge in [-0.2, -0.15) is 0 Å². The average molecular weight is 515 g/mol. The highest BCUT2D eigenvalue weighted by Gasteiger charge is 2.22. The molecule has 0 atom stereocenters. The summed E-state index contributed by atoms with van der Waals surface area (Å²) in [5.74, 6) is 1.50. The van der Waals surface area contributed by atoms with E-state index in [0.29, 0.717) is 5.95 Å². The highest BCUT2D eigenvalue weighted by atomic mass is 15.2. The van der Waals surface area contributed by atoms with E-state index >= 15 is 0 Å². The van der Waals surface area contributed by atoms with E-state index in [0.717, 1.165) is 61.3 Å². The third kappa shape index (κ3) is 3.43. The number of para-hydroxylation sites is 2. The monoisotopic (exact) mass is 514 g/mol. The molecule has 0 saturated carbocycles. The lowest BCUT2D eigenvalue weighted by atomic mass is 10.1. The predicted molar refractivity (Wildman–Crippen MR) is 160 cm³/mol. The van der Waals surface area contributed by atoms with Crippen LogP contribution in [-0.4, -0.2) is 29.1 Å². The molecule has 0 fully saturated rings. The van der Waals surface area contributed by atoms with E-state index in [1.807, 2.05) is 36.4 Å². The van der Waals surface area contributed by atoms with Crippen LogP contribution >= 0.6 is 0 Å². The van der Waals surface area contributed by atoms with E-state index in [1.165, 1.54) is 0 Å². The summed E-state index contributed by atoms with van der Waals surface area (Å²) >= 11 is 0. The molecule has 0 aliphatic rings. The number of hydrogen-bond acceptors (Lipinski definition) is 4. The summed E-state index contributed by atoms with van der Waals surface area (Å²) in [6.07, 6.45) is 3.57. The molecule has 4 aromatic carbocycles. The van der Waals surface area contributed by atoms with Gasteiger partial charge in [0.05, 0.1) is 33.5 Å². The normalized spacial score (nSPS) is 11.5. The Kier molecular flexibility index (Phi) is 5.03. The zero-order valence-corrected chi connectivity index (χ0v) is 21.4. The lowest BCUT2D eigenvalue weighted by Gasteiger charge is -2.10. The highest BCUT2D eigenvalue weighted by molar-refractivity contribution is 6.20. The van der Waals surface area contributed by atoms with Crippen LogP contribution in [0.15, 0.2) is 134 Å². The minimum absolute atomic E-state index is 0.597. The highest BCUT2D eigenvalue weighted by Crippen LogP contribution is 2.38. The van der Waals surface area contributed by atoms with Crippen LogP contribution in [0.4, 0.5) is 0 Å². The van der Waals surface area contributed by atoms with Crippen molar-refractivity contribution in [3.8, 4) is 34.4 Å². The number of imidazole rings is 1. The van der Waals surface area contributed by atoms with Crippen LogP contribution in [0.2, 0.25) is 0 Å². The van der Waals surface area contributed by atoms with Gasteiger partial charge in [-0.15, -0.1) is 0 Å². The molecule has 6 nitrogen and oxygen atoms in total. The van der Waals surface area contributed by atoms with Gasteiger partial charge in [-0.25, -0.2) is 15.0 Å². The number of fused-ring (bicyclic) bond motifs is 5. The molecule has 0 bridgehead atoms. The van der Waals surface area contributed by atoms with Crippen molar-refractivity contribution in [3.63, 3.8) is 0 Å². The van der Waals surface area contributed by atoms with Crippen molar-refractivity contribution in [1.29, 1.82) is 0 Å². The van der Waals surface area contributed by atoms with E-state index in [2.05, 4.69) is 99.0 Å². The van der Waals surface area contributed by atoms with Crippen molar-refractivity contribution < 1.29 is 0 Å². The Morgan fingerprint density at radius 2 is 1.23 bits per heavy atom. The molecule has 188 valence electrons. The minimum atomic E-state index is 0.597. The molecule has 0 saturated heterocycles. The van der Waals surface area contributed by atoms with Crippen LogP contribution in [0.3, 0.4) is 0 Å². The topological polar surface area (TPSA) is 61.4 Å². The quantitative estimate of drug-likeness (QED) is 0.242. The Bertz CT molecular complexity index is 2150. The molecule has 4 aromatic heterocycles. The second-order valence-electron chi connectivity index (χ2n) is 9.61. The summed E-state index contributed by atoms with van der Waals surface area (Å²) in [7, 11) is 0. The molecule has 8 rings (SSSR count). The van der Waals surface area contributed by atoms with Crippen molar-refractivity contribution in [2.75, 3.05) is 0 Å². The van der Waals surface area contributed by atoms with Crippen LogP contribution in [0.1, 0.15) is 0 Å². The van der Waals surface area contributed by atoms with Gasteiger partial charge in [0.25, 0.3) is 0 Å². The second kappa shape index (κ2) is 8.99. The third-order valence-corrected chi connectivity index (χ3v) is 7.28. The smallest absolute Gasteiger partial charge is 0.235 e. The van der Waals surface area contributed by atoms with Crippen LogP contribution in [0, 0.1) is 0 Å². The maximum atomic E-state index is 5.31. The Morgan fingerprint density at radius 3 is 2.05 bits per heavy atom. The second-order valence-corrected chi connectivity index (χ2v) is 9.61. The van der Waals surface area contributed by atoms with Crippen LogP contribution in [-0.2, 0) is 0 Å². The van der Waals surface area contributed by atoms with Crippen LogP contribution < -0.4 is 0 Å². The van der Waals surface area contributed by atoms with Gasteiger partial charge in [-0.05, 0) is 48.5 Å². The molecule has 40 heavy (non-hydrogen) atoms. The van der Waals surface area contributed by atoms with Crippen molar-refractivity contribution in [3.05, 3.63) is 134 Å². The predicted octanol–water partition coefficient (Wildman–Crippen LogP) is 7.64. The zero-order chi connectivity index (χ0) is 26.5. The molecule has 8 aromatic rings. The standard InChI is InChI=1S/C34H22N6/c1-3-11-23(12-4-1)33-38-32-30(39(33)24-13-5-2-6-14-24)19-18-29-31(32)25-15-7-8-17-28(25)40(29)34-36-22-20-27(37-34)26-16-9-10-21-35-26/h1-22H. The number of benzene rings is 4. The average Bonchev–Trinajstić information content (AvgIpc) is 3.59. The van der Waals surface area contributed by atoms with E-state index in [-0.39, 0.29) is 0 Å². The first-order valence-electron chi connectivity index (χ1n) is 13.2. The van der Waals surface area contributed by atoms with Gasteiger partial charge in [0.15, 0.2) is 0 Å². The lowest BCUT2D eigenvalue weighted by molar-refractivity contribution is 0.988. The fourth-order valence-electron chi connectivity index (χ4n) is 5.54. The Hall–Kier alpha value is -5.62. The first-order chi connectivity index (χ1) is 19.9. The summed E-state index contributed by atoms with van der Waals surface area (Å²) in [5.41, 5.74) is 7.73. The largest absolute Gasteiger partial charge is 0.292 e. The summed E-state index contributed by atoms with van der Waals surface area (Å²) in [6, 6.07) is 41.2. The number of pyridine rings is 1. The van der Waals surface area contributed by atoms with Crippen molar-refractivity contribution >= 4 is 32.8 Å². The zero-order valence-electron chi connectivity index (χ0n) is 21.4. The van der Waals surface area contributed by atoms with Gasteiger partial charge in [0, 0.05) is 34.4 Å².